The van der Waals surface area contributed by atoms with Crippen molar-refractivity contribution in [2.45, 2.75) is 198 Å². The summed E-state index contributed by atoms with van der Waals surface area (Å²) < 4.78 is 35.2. The molecule has 0 unspecified atom stereocenters. The number of hydrogen-bond acceptors (Lipinski definition) is 18. The van der Waals surface area contributed by atoms with Gasteiger partial charge in [0.05, 0.1) is 37.9 Å². The van der Waals surface area contributed by atoms with Crippen LogP contribution in [0.1, 0.15) is 106 Å². The molecule has 18 nitrogen and oxygen atoms in total. The monoisotopic (exact) mass is 929 g/mol. The summed E-state index contributed by atoms with van der Waals surface area (Å²) >= 11 is 0. The van der Waals surface area contributed by atoms with E-state index < -0.39 is 122 Å². The number of ether oxygens (including phenoxy) is 6. The van der Waals surface area contributed by atoms with E-state index in [9.17, 15) is 61.0 Å². The zero-order valence-electron chi connectivity index (χ0n) is 38.6. The second-order valence-corrected chi connectivity index (χ2v) is 22.9. The Morgan fingerprint density at radius 3 is 2.00 bits per heavy atom. The highest BCUT2D eigenvalue weighted by Crippen LogP contribution is 2.76. The van der Waals surface area contributed by atoms with Crippen LogP contribution in [0.4, 0.5) is 0 Å². The molecule has 3 heterocycles. The van der Waals surface area contributed by atoms with E-state index in [1.165, 1.54) is 5.57 Å². The Morgan fingerprint density at radius 2 is 1.32 bits per heavy atom. The smallest absolute Gasteiger partial charge is 0.315 e. The van der Waals surface area contributed by atoms with Crippen LogP contribution in [0.15, 0.2) is 11.6 Å². The largest absolute Gasteiger partial charge is 0.432 e. The summed E-state index contributed by atoms with van der Waals surface area (Å²) in [5, 5.41) is 116. The summed E-state index contributed by atoms with van der Waals surface area (Å²) in [4.78, 5) is 14.9. The van der Waals surface area contributed by atoms with Crippen LogP contribution >= 0.6 is 0 Å². The molecule has 0 aromatic carbocycles. The Bertz CT molecular complexity index is 1760. The van der Waals surface area contributed by atoms with Gasteiger partial charge in [-0.3, -0.25) is 4.79 Å². The topological polar surface area (TPSA) is 295 Å². The average molecular weight is 929 g/mol. The third-order valence-corrected chi connectivity index (χ3v) is 19.0. The fraction of sp³-hybridized carbons (Fsp3) is 0.936. The summed E-state index contributed by atoms with van der Waals surface area (Å²) in [6.45, 7) is 12.1. The van der Waals surface area contributed by atoms with Gasteiger partial charge in [0.15, 0.2) is 12.6 Å². The number of allylic oxidation sites excluding steroid dienone is 2. The Labute approximate surface area is 380 Å². The number of rotatable bonds is 9. The lowest BCUT2D eigenvalue weighted by Gasteiger charge is -2.71. The van der Waals surface area contributed by atoms with Gasteiger partial charge in [-0.05, 0) is 104 Å². The number of carbonyl (C=O) groups is 1. The van der Waals surface area contributed by atoms with Gasteiger partial charge in [-0.25, -0.2) is 0 Å². The first-order chi connectivity index (χ1) is 30.4. The van der Waals surface area contributed by atoms with Gasteiger partial charge < -0.3 is 84.6 Å². The Hall–Kier alpha value is -1.43. The van der Waals surface area contributed by atoms with Gasteiger partial charge in [-0.2, -0.15) is 0 Å². The lowest BCUT2D eigenvalue weighted by atomic mass is 9.33. The van der Waals surface area contributed by atoms with Gasteiger partial charge in [0.2, 0.25) is 6.29 Å². The standard InChI is InChI=1S/C47H76O18/c1-42(2)13-15-47(41(59)65-40-37(58)34(55)32(53)26(63-40)20-61-38-36(57)33(54)31(52)25(18-48)62-38)16-14-45(5)22(23(47)17-42)7-8-28-43(3)11-10-29(64-39-35(56)30(51)24(50)19-60-39)44(4,21-49)27(43)9-12-46(28,45)6/h7,23-40,48-58H,8-21H2,1-6H3/t23-,24+,25+,26+,27+,28+,29-,30+,31+,32+,33-,34-,35-,36+,37+,38+,39-,40-,43-,44-,45+,46+,47-/m0/s1. The normalized spacial score (nSPS) is 54.3. The maximum Gasteiger partial charge on any atom is 0.315 e. The number of aliphatic hydroxyl groups is 11. The Balaban J connectivity index is 1.02. The van der Waals surface area contributed by atoms with Crippen molar-refractivity contribution < 1.29 is 89.4 Å². The molecule has 7 fully saturated rings. The molecule has 0 amide bonds. The van der Waals surface area contributed by atoms with Crippen molar-refractivity contribution in [2.24, 2.45) is 50.2 Å². The maximum atomic E-state index is 14.9. The summed E-state index contributed by atoms with van der Waals surface area (Å²) in [5.41, 5.74) is -1.23. The second-order valence-electron chi connectivity index (χ2n) is 22.9. The zero-order chi connectivity index (χ0) is 47.4. The van der Waals surface area contributed by atoms with Crippen molar-refractivity contribution >= 4 is 5.97 Å². The van der Waals surface area contributed by atoms with Crippen molar-refractivity contribution in [1.82, 2.24) is 0 Å². The van der Waals surface area contributed by atoms with Crippen LogP contribution in [-0.2, 0) is 33.2 Å². The molecule has 23 atom stereocenters. The van der Waals surface area contributed by atoms with Gasteiger partial charge in [-0.15, -0.1) is 0 Å². The molecule has 65 heavy (non-hydrogen) atoms. The van der Waals surface area contributed by atoms with E-state index in [0.29, 0.717) is 25.7 Å². The maximum absolute atomic E-state index is 14.9. The first-order valence-electron chi connectivity index (χ1n) is 23.9. The Morgan fingerprint density at radius 1 is 0.692 bits per heavy atom. The van der Waals surface area contributed by atoms with E-state index in [1.807, 2.05) is 0 Å². The van der Waals surface area contributed by atoms with Gasteiger partial charge in [0.1, 0.15) is 67.1 Å². The minimum Gasteiger partial charge on any atom is -0.432 e. The molecule has 8 aliphatic rings. The molecule has 8 rings (SSSR count). The van der Waals surface area contributed by atoms with Crippen molar-refractivity contribution in [3.05, 3.63) is 11.6 Å². The summed E-state index contributed by atoms with van der Waals surface area (Å²) in [5.74, 6) is -0.485. The van der Waals surface area contributed by atoms with E-state index >= 15 is 0 Å². The molecule has 3 saturated heterocycles. The quantitative estimate of drug-likeness (QED) is 0.0808. The average Bonchev–Trinajstić information content (AvgIpc) is 3.26. The lowest BCUT2D eigenvalue weighted by Crippen LogP contribution is -2.67. The minimum absolute atomic E-state index is 0.0557. The number of esters is 1. The molecule has 18 heteroatoms. The van der Waals surface area contributed by atoms with E-state index in [0.717, 1.165) is 38.5 Å². The summed E-state index contributed by atoms with van der Waals surface area (Å²) in [7, 11) is 0. The highest BCUT2D eigenvalue weighted by molar-refractivity contribution is 5.79. The fourth-order valence-corrected chi connectivity index (χ4v) is 14.7. The van der Waals surface area contributed by atoms with Crippen LogP contribution in [0.3, 0.4) is 0 Å². The van der Waals surface area contributed by atoms with Crippen molar-refractivity contribution in [3.63, 3.8) is 0 Å². The third kappa shape index (κ3) is 7.89. The Kier molecular flexibility index (Phi) is 13.7. The van der Waals surface area contributed by atoms with Crippen molar-refractivity contribution in [1.29, 1.82) is 0 Å². The van der Waals surface area contributed by atoms with Crippen molar-refractivity contribution in [3.8, 4) is 0 Å². The highest BCUT2D eigenvalue weighted by Gasteiger charge is 2.70. The first-order valence-corrected chi connectivity index (χ1v) is 23.9. The van der Waals surface area contributed by atoms with E-state index in [2.05, 4.69) is 47.6 Å². The predicted octanol–water partition coefficient (Wildman–Crippen LogP) is -0.248. The molecule has 0 spiro atoms. The zero-order valence-corrected chi connectivity index (χ0v) is 38.6. The number of carbonyl (C=O) groups excluding carboxylic acids is 1. The molecule has 11 N–H and O–H groups in total. The van der Waals surface area contributed by atoms with Crippen LogP contribution in [-0.4, -0.2) is 181 Å². The van der Waals surface area contributed by atoms with Crippen LogP contribution < -0.4 is 0 Å². The molecule has 0 radical (unpaired) electrons. The van der Waals surface area contributed by atoms with E-state index in [-0.39, 0.29) is 52.6 Å². The fourth-order valence-electron chi connectivity index (χ4n) is 14.7. The van der Waals surface area contributed by atoms with Gasteiger partial charge in [0.25, 0.3) is 0 Å². The molecule has 3 aliphatic heterocycles. The molecular formula is C47H76O18. The molecule has 0 aromatic rings. The van der Waals surface area contributed by atoms with Gasteiger partial charge in [0, 0.05) is 5.41 Å². The number of fused-ring (bicyclic) bond motifs is 7. The van der Waals surface area contributed by atoms with Crippen LogP contribution in [0.2, 0.25) is 0 Å². The molecule has 372 valence electrons. The molecule has 0 bridgehead atoms. The summed E-state index contributed by atoms with van der Waals surface area (Å²) in [6.07, 6.45) is -12.5. The van der Waals surface area contributed by atoms with Gasteiger partial charge in [-0.1, -0.05) is 53.2 Å². The molecular weight excluding hydrogens is 852 g/mol. The molecule has 4 saturated carbocycles. The van der Waals surface area contributed by atoms with E-state index in [4.69, 9.17) is 28.4 Å². The van der Waals surface area contributed by atoms with Crippen LogP contribution in [0, 0.1) is 50.2 Å². The summed E-state index contributed by atoms with van der Waals surface area (Å²) in [6, 6.07) is 0. The number of aliphatic hydroxyl groups excluding tert-OH is 11. The predicted molar refractivity (Wildman–Crippen MR) is 226 cm³/mol. The molecule has 5 aliphatic carbocycles. The highest BCUT2D eigenvalue weighted by atomic mass is 16.7. The first kappa shape index (κ1) is 50.0. The van der Waals surface area contributed by atoms with Crippen molar-refractivity contribution in [2.75, 3.05) is 26.4 Å². The second kappa shape index (κ2) is 17.8. The van der Waals surface area contributed by atoms with Crippen LogP contribution in [0.25, 0.3) is 0 Å². The van der Waals surface area contributed by atoms with Crippen LogP contribution in [0.5, 0.6) is 0 Å². The minimum atomic E-state index is -1.81. The molecule has 0 aromatic heterocycles. The van der Waals surface area contributed by atoms with E-state index in [1.54, 1.807) is 0 Å². The lowest BCUT2D eigenvalue weighted by molar-refractivity contribution is -0.328. The number of hydrogen-bond donors (Lipinski definition) is 11. The SMILES string of the molecule is CC1(C)CC[C@]2(C(=O)O[C@@H]3O[C@H](CO[C@@H]4O[C@H](CO)[C@@H](O)[C@H](O)[C@H]4O)[C@@H](O)[C@H](O)[C@H]3O)CC[C@]3(C)C(=CC[C@@H]4[C@@]5(C)CC[C@H](O[C@@H]6OC[C@@H](O)[C@@H](O)[C@@H]6O)[C@@](C)(CO)[C@@H]5CC[C@]43C)[C@@H]2C1. The van der Waals surface area contributed by atoms with Gasteiger partial charge >= 0.3 is 5.97 Å². The third-order valence-electron chi connectivity index (χ3n) is 19.0.